The summed E-state index contributed by atoms with van der Waals surface area (Å²) < 4.78 is 38.4. The van der Waals surface area contributed by atoms with Gasteiger partial charge in [0, 0.05) is 17.9 Å². The van der Waals surface area contributed by atoms with Gasteiger partial charge in [-0.05, 0) is 24.3 Å². The number of halogens is 4. The number of hydrogen-bond acceptors (Lipinski definition) is 5. The summed E-state index contributed by atoms with van der Waals surface area (Å²) >= 11 is 12.1. The smallest absolute Gasteiger partial charge is 0.378 e. The summed E-state index contributed by atoms with van der Waals surface area (Å²) in [6.45, 7) is 2.32. The first-order valence-corrected chi connectivity index (χ1v) is 7.99. The second kappa shape index (κ2) is 7.97. The fourth-order valence-corrected chi connectivity index (χ4v) is 2.48. The van der Waals surface area contributed by atoms with Crippen molar-refractivity contribution < 1.29 is 23.0 Å². The summed E-state index contributed by atoms with van der Waals surface area (Å²) in [5, 5.41) is 2.83. The van der Waals surface area contributed by atoms with E-state index in [1.165, 1.54) is 31.2 Å². The number of rotatable bonds is 7. The second-order valence-electron chi connectivity index (χ2n) is 5.22. The Balaban J connectivity index is 2.53. The van der Waals surface area contributed by atoms with Crippen LogP contribution < -0.4 is 4.74 Å². The van der Waals surface area contributed by atoms with E-state index in [0.717, 1.165) is 24.3 Å². The van der Waals surface area contributed by atoms with Gasteiger partial charge in [0.2, 0.25) is 6.43 Å². The van der Waals surface area contributed by atoms with Crippen molar-refractivity contribution in [3.63, 3.8) is 0 Å². The molecule has 25 heavy (non-hydrogen) atoms. The Bertz CT molecular complexity index is 701. The predicted octanol–water partition coefficient (Wildman–Crippen LogP) is 3.69. The maximum atomic E-state index is 13.2. The van der Waals surface area contributed by atoms with Gasteiger partial charge >= 0.3 is 11.9 Å². The molecule has 0 radical (unpaired) electrons. The molecule has 0 spiro atoms. The molecular formula is C15H15Cl2F2N3O3. The molecule has 0 aliphatic heterocycles. The molecule has 3 unspecified atom stereocenters. The Hall–Kier alpha value is -1.93. The van der Waals surface area contributed by atoms with Gasteiger partial charge in [-0.15, -0.1) is 11.6 Å². The summed E-state index contributed by atoms with van der Waals surface area (Å²) in [6, 6.07) is 6.01. The van der Waals surface area contributed by atoms with E-state index in [-0.39, 0.29) is 5.75 Å². The van der Waals surface area contributed by atoms with Gasteiger partial charge in [0.1, 0.15) is 23.8 Å². The zero-order valence-electron chi connectivity index (χ0n) is 13.3. The molecule has 0 saturated heterocycles. The summed E-state index contributed by atoms with van der Waals surface area (Å²) in [5.41, 5.74) is 0. The van der Waals surface area contributed by atoms with Gasteiger partial charge in [0.15, 0.2) is 0 Å². The van der Waals surface area contributed by atoms with E-state index < -0.39 is 29.6 Å². The molecule has 1 heterocycles. The highest BCUT2D eigenvalue weighted by molar-refractivity contribution is 6.30. The number of alkyl halides is 3. The maximum Gasteiger partial charge on any atom is 0.378 e. The van der Waals surface area contributed by atoms with Crippen molar-refractivity contribution in [3.8, 4) is 5.75 Å². The van der Waals surface area contributed by atoms with E-state index in [1.807, 2.05) is 0 Å². The van der Waals surface area contributed by atoms with Crippen LogP contribution in [0.5, 0.6) is 5.75 Å². The molecule has 2 aromatic rings. The number of ether oxygens (including phenoxy) is 2. The minimum Gasteiger partial charge on any atom is -0.433 e. The van der Waals surface area contributed by atoms with Crippen LogP contribution in [0.15, 0.2) is 36.9 Å². The summed E-state index contributed by atoms with van der Waals surface area (Å²) in [5.74, 6) is -4.16. The van der Waals surface area contributed by atoms with Gasteiger partial charge < -0.3 is 9.47 Å². The van der Waals surface area contributed by atoms with Crippen molar-refractivity contribution >= 4 is 29.2 Å². The number of esters is 1. The van der Waals surface area contributed by atoms with Crippen LogP contribution in [0.3, 0.4) is 0 Å². The highest BCUT2D eigenvalue weighted by atomic mass is 35.5. The van der Waals surface area contributed by atoms with Crippen molar-refractivity contribution in [1.82, 2.24) is 14.8 Å². The molecule has 0 saturated carbocycles. The van der Waals surface area contributed by atoms with Gasteiger partial charge in [0.05, 0.1) is 0 Å². The van der Waals surface area contributed by atoms with Crippen molar-refractivity contribution in [2.75, 3.05) is 0 Å². The summed E-state index contributed by atoms with van der Waals surface area (Å²) in [7, 11) is 0. The lowest BCUT2D eigenvalue weighted by atomic mass is 10.0. The van der Waals surface area contributed by atoms with Crippen LogP contribution in [0.25, 0.3) is 0 Å². The summed E-state index contributed by atoms with van der Waals surface area (Å²) in [6.07, 6.45) is -0.484. The monoisotopic (exact) mass is 393 g/mol. The fraction of sp³-hybridized carbons (Fsp3) is 0.400. The molecule has 3 atom stereocenters. The van der Waals surface area contributed by atoms with Crippen LogP contribution in [-0.2, 0) is 15.4 Å². The van der Waals surface area contributed by atoms with Crippen LogP contribution in [-0.4, -0.2) is 32.5 Å². The average Bonchev–Trinajstić information content (AvgIpc) is 3.09. The first-order chi connectivity index (χ1) is 11.8. The predicted molar refractivity (Wildman–Crippen MR) is 86.7 cm³/mol. The quantitative estimate of drug-likeness (QED) is 0.407. The van der Waals surface area contributed by atoms with Crippen molar-refractivity contribution in [2.45, 2.75) is 31.6 Å². The molecule has 0 fully saturated rings. The Morgan fingerprint density at radius 3 is 2.44 bits per heavy atom. The van der Waals surface area contributed by atoms with Crippen LogP contribution in [0.4, 0.5) is 8.78 Å². The third-order valence-corrected chi connectivity index (χ3v) is 4.24. The van der Waals surface area contributed by atoms with Crippen molar-refractivity contribution in [1.29, 1.82) is 0 Å². The lowest BCUT2D eigenvalue weighted by molar-refractivity contribution is -0.250. The van der Waals surface area contributed by atoms with Gasteiger partial charge in [-0.25, -0.2) is 13.8 Å². The van der Waals surface area contributed by atoms with Crippen LogP contribution in [0, 0.1) is 5.92 Å². The molecule has 0 aliphatic carbocycles. The molecule has 0 aliphatic rings. The highest BCUT2D eigenvalue weighted by Crippen LogP contribution is 2.37. The summed E-state index contributed by atoms with van der Waals surface area (Å²) in [4.78, 5) is 15.4. The van der Waals surface area contributed by atoms with Gasteiger partial charge in [-0.3, -0.25) is 4.79 Å². The van der Waals surface area contributed by atoms with Gasteiger partial charge in [-0.2, -0.15) is 9.78 Å². The zero-order chi connectivity index (χ0) is 18.6. The van der Waals surface area contributed by atoms with E-state index in [4.69, 9.17) is 32.7 Å². The normalized spacial score (nSPS) is 16.1. The van der Waals surface area contributed by atoms with E-state index in [2.05, 4.69) is 10.1 Å². The SMILES string of the molecule is CC(=O)OC(Oc1ccc(Cl)cc1)(C(Cl)C(C)C(F)F)n1cncn1. The number of carbonyl (C=O) groups excluding carboxylic acids is 1. The van der Waals surface area contributed by atoms with E-state index in [1.54, 1.807) is 0 Å². The lowest BCUT2D eigenvalue weighted by Gasteiger charge is -2.38. The molecule has 1 aromatic carbocycles. The molecule has 6 nitrogen and oxygen atoms in total. The standard InChI is InChI=1S/C15H15Cl2F2N3O3/c1-9(14(18)19)13(17)15(24-10(2)23,22-8-20-7-21-22)25-12-5-3-11(16)4-6-12/h3-9,13-14H,1-2H3. The number of aromatic nitrogens is 3. The first-order valence-electron chi connectivity index (χ1n) is 7.17. The number of nitrogens with zero attached hydrogens (tertiary/aromatic N) is 3. The minimum atomic E-state index is -2.78. The van der Waals surface area contributed by atoms with E-state index >= 15 is 0 Å². The molecule has 1 aromatic heterocycles. The molecule has 136 valence electrons. The molecule has 0 N–H and O–H groups in total. The molecular weight excluding hydrogens is 379 g/mol. The van der Waals surface area contributed by atoms with Gasteiger partial charge in [-0.1, -0.05) is 18.5 Å². The largest absolute Gasteiger partial charge is 0.433 e. The van der Waals surface area contributed by atoms with Crippen LogP contribution >= 0.6 is 23.2 Å². The minimum absolute atomic E-state index is 0.188. The Labute approximate surface area is 152 Å². The molecule has 2 rings (SSSR count). The molecule has 0 amide bonds. The first kappa shape index (κ1) is 19.4. The topological polar surface area (TPSA) is 66.2 Å². The van der Waals surface area contributed by atoms with E-state index in [0.29, 0.717) is 5.02 Å². The number of hydrogen-bond donors (Lipinski definition) is 0. The lowest BCUT2D eigenvalue weighted by Crippen LogP contribution is -2.54. The molecule has 0 bridgehead atoms. The van der Waals surface area contributed by atoms with Gasteiger partial charge in [0.25, 0.3) is 0 Å². The third kappa shape index (κ3) is 4.38. The fourth-order valence-electron chi connectivity index (χ4n) is 2.06. The zero-order valence-corrected chi connectivity index (χ0v) is 14.8. The highest BCUT2D eigenvalue weighted by Gasteiger charge is 2.52. The molecule has 10 heteroatoms. The second-order valence-corrected chi connectivity index (χ2v) is 6.12. The average molecular weight is 394 g/mol. The Morgan fingerprint density at radius 2 is 1.96 bits per heavy atom. The van der Waals surface area contributed by atoms with Crippen LogP contribution in [0.2, 0.25) is 5.02 Å². The van der Waals surface area contributed by atoms with Crippen LogP contribution in [0.1, 0.15) is 13.8 Å². The Kier molecular flexibility index (Phi) is 6.18. The maximum absolute atomic E-state index is 13.2. The van der Waals surface area contributed by atoms with Crippen molar-refractivity contribution in [2.24, 2.45) is 5.92 Å². The third-order valence-electron chi connectivity index (χ3n) is 3.31. The number of benzene rings is 1. The van der Waals surface area contributed by atoms with Crippen molar-refractivity contribution in [3.05, 3.63) is 41.9 Å². The van der Waals surface area contributed by atoms with E-state index in [9.17, 15) is 13.6 Å². The Morgan fingerprint density at radius 1 is 1.32 bits per heavy atom. The number of carbonyl (C=O) groups is 1.